The van der Waals surface area contributed by atoms with Gasteiger partial charge in [-0.15, -0.1) is 0 Å². The lowest BCUT2D eigenvalue weighted by Crippen LogP contribution is -2.38. The number of amides is 1. The van der Waals surface area contributed by atoms with Gasteiger partial charge < -0.3 is 15.5 Å². The lowest BCUT2D eigenvalue weighted by Gasteiger charge is -2.15. The first kappa shape index (κ1) is 17.9. The lowest BCUT2D eigenvalue weighted by atomic mass is 10.1. The Hall–Kier alpha value is -2.14. The Labute approximate surface area is 130 Å². The fourth-order valence-corrected chi connectivity index (χ4v) is 2.04. The van der Waals surface area contributed by atoms with E-state index in [1.54, 1.807) is 6.08 Å². The highest BCUT2D eigenvalue weighted by Gasteiger charge is 2.10. The largest absolute Gasteiger partial charge is 0.481 e. The Morgan fingerprint density at radius 3 is 2.55 bits per heavy atom. The van der Waals surface area contributed by atoms with Crippen LogP contribution < -0.4 is 5.32 Å². The van der Waals surface area contributed by atoms with Crippen molar-refractivity contribution in [3.63, 3.8) is 0 Å². The lowest BCUT2D eigenvalue weighted by molar-refractivity contribution is -0.137. The van der Waals surface area contributed by atoms with Crippen LogP contribution in [0.3, 0.4) is 0 Å². The number of unbranched alkanes of at least 4 members (excludes halogenated alkanes) is 2. The molecule has 0 aromatic heterocycles. The molecule has 5 nitrogen and oxygen atoms in total. The van der Waals surface area contributed by atoms with Gasteiger partial charge in [-0.3, -0.25) is 9.59 Å². The summed E-state index contributed by atoms with van der Waals surface area (Å²) < 4.78 is 0. The van der Waals surface area contributed by atoms with E-state index >= 15 is 0 Å². The average Bonchev–Trinajstić information content (AvgIpc) is 2.50. The van der Waals surface area contributed by atoms with Crippen molar-refractivity contribution in [1.29, 1.82) is 0 Å². The summed E-state index contributed by atoms with van der Waals surface area (Å²) in [5.41, 5.74) is 1.06. The van der Waals surface area contributed by atoms with Gasteiger partial charge in [0.2, 0.25) is 5.91 Å². The van der Waals surface area contributed by atoms with Gasteiger partial charge in [-0.2, -0.15) is 0 Å². The van der Waals surface area contributed by atoms with Crippen LogP contribution in [-0.2, 0) is 16.0 Å². The fourth-order valence-electron chi connectivity index (χ4n) is 2.04. The molecule has 1 amide bonds. The number of allylic oxidation sites excluding steroid dienone is 1. The van der Waals surface area contributed by atoms with E-state index in [-0.39, 0.29) is 25.0 Å². The predicted octanol–water partition coefficient (Wildman–Crippen LogP) is 1.91. The molecule has 120 valence electrons. The van der Waals surface area contributed by atoms with Gasteiger partial charge in [-0.25, -0.2) is 0 Å². The zero-order valence-corrected chi connectivity index (χ0v) is 12.6. The summed E-state index contributed by atoms with van der Waals surface area (Å²) >= 11 is 0. The molecule has 1 unspecified atom stereocenters. The third kappa shape index (κ3) is 8.21. The Balaban J connectivity index is 2.28. The third-order valence-corrected chi connectivity index (χ3v) is 3.17. The summed E-state index contributed by atoms with van der Waals surface area (Å²) in [6.07, 6.45) is 5.92. The van der Waals surface area contributed by atoms with E-state index in [2.05, 4.69) is 5.32 Å². The van der Waals surface area contributed by atoms with Crippen molar-refractivity contribution in [1.82, 2.24) is 5.32 Å². The van der Waals surface area contributed by atoms with Gasteiger partial charge in [-0.05, 0) is 37.3 Å². The van der Waals surface area contributed by atoms with Crippen molar-refractivity contribution in [2.24, 2.45) is 0 Å². The molecule has 0 heterocycles. The second kappa shape index (κ2) is 10.6. The second-order valence-electron chi connectivity index (χ2n) is 5.12. The number of hydrogen-bond donors (Lipinski definition) is 3. The van der Waals surface area contributed by atoms with Crippen LogP contribution in [0.1, 0.15) is 31.2 Å². The van der Waals surface area contributed by atoms with Crippen LogP contribution in [0.4, 0.5) is 0 Å². The van der Waals surface area contributed by atoms with Crippen LogP contribution in [0, 0.1) is 0 Å². The Bertz CT molecular complexity index is 485. The highest BCUT2D eigenvalue weighted by Crippen LogP contribution is 2.03. The maximum absolute atomic E-state index is 11.7. The molecule has 1 aromatic rings. The summed E-state index contributed by atoms with van der Waals surface area (Å²) in [4.78, 5) is 22.1. The highest BCUT2D eigenvalue weighted by molar-refractivity contribution is 5.87. The van der Waals surface area contributed by atoms with Gasteiger partial charge in [0.1, 0.15) is 0 Å². The number of benzene rings is 1. The van der Waals surface area contributed by atoms with Crippen molar-refractivity contribution in [2.75, 3.05) is 6.61 Å². The van der Waals surface area contributed by atoms with Crippen LogP contribution in [0.25, 0.3) is 0 Å². The van der Waals surface area contributed by atoms with E-state index in [1.165, 1.54) is 6.08 Å². The van der Waals surface area contributed by atoms with Crippen molar-refractivity contribution < 1.29 is 19.8 Å². The number of carbonyl (C=O) groups excluding carboxylic acids is 1. The molecule has 3 N–H and O–H groups in total. The van der Waals surface area contributed by atoms with Gasteiger partial charge in [0, 0.05) is 6.42 Å². The summed E-state index contributed by atoms with van der Waals surface area (Å²) in [6, 6.07) is 9.35. The highest BCUT2D eigenvalue weighted by atomic mass is 16.4. The van der Waals surface area contributed by atoms with E-state index in [0.29, 0.717) is 19.3 Å². The number of carboxylic acid groups (broad SMARTS) is 1. The first-order valence-electron chi connectivity index (χ1n) is 7.45. The fraction of sp³-hybridized carbons (Fsp3) is 0.412. The summed E-state index contributed by atoms with van der Waals surface area (Å²) in [5, 5.41) is 20.6. The molecule has 0 bridgehead atoms. The smallest absolute Gasteiger partial charge is 0.303 e. The summed E-state index contributed by atoms with van der Waals surface area (Å²) in [7, 11) is 0. The maximum atomic E-state index is 11.7. The van der Waals surface area contributed by atoms with Gasteiger partial charge >= 0.3 is 5.97 Å². The van der Waals surface area contributed by atoms with Gasteiger partial charge in [0.05, 0.1) is 12.6 Å². The molecule has 0 saturated heterocycles. The standard InChI is InChI=1S/C17H23NO4/c19-13-15(12-14-8-4-3-5-9-14)18-16(20)10-6-1-2-7-11-17(21)22/h3-6,8-10,15,19H,1-2,7,11-13H2,(H,18,20)(H,21,22)/b10-6+. The number of rotatable bonds is 10. The van der Waals surface area contributed by atoms with Crippen molar-refractivity contribution in [3.05, 3.63) is 48.0 Å². The number of aliphatic hydroxyl groups is 1. The van der Waals surface area contributed by atoms with Crippen molar-refractivity contribution in [2.45, 2.75) is 38.1 Å². The number of carboxylic acids is 1. The number of nitrogens with one attached hydrogen (secondary N) is 1. The minimum atomic E-state index is -0.798. The SMILES string of the molecule is O=C(O)CCCC/C=C/C(=O)NC(CO)Cc1ccccc1. The van der Waals surface area contributed by atoms with Crippen LogP contribution in [0.15, 0.2) is 42.5 Å². The molecule has 1 aromatic carbocycles. The Morgan fingerprint density at radius 1 is 1.18 bits per heavy atom. The first-order chi connectivity index (χ1) is 10.6. The molecule has 0 aliphatic rings. The topological polar surface area (TPSA) is 86.6 Å². The van der Waals surface area contributed by atoms with E-state index in [9.17, 15) is 14.7 Å². The van der Waals surface area contributed by atoms with Crippen molar-refractivity contribution >= 4 is 11.9 Å². The van der Waals surface area contributed by atoms with Crippen LogP contribution in [-0.4, -0.2) is 34.7 Å². The van der Waals surface area contributed by atoms with Gasteiger partial charge in [0.15, 0.2) is 0 Å². The summed E-state index contributed by atoms with van der Waals surface area (Å²) in [6.45, 7) is -0.118. The molecule has 1 rings (SSSR count). The molecule has 0 aliphatic carbocycles. The minimum absolute atomic E-state index is 0.118. The van der Waals surface area contributed by atoms with Crippen LogP contribution in [0.2, 0.25) is 0 Å². The van der Waals surface area contributed by atoms with Crippen molar-refractivity contribution in [3.8, 4) is 0 Å². The predicted molar refractivity (Wildman–Crippen MR) is 84.4 cm³/mol. The van der Waals surface area contributed by atoms with Gasteiger partial charge in [0.25, 0.3) is 0 Å². The minimum Gasteiger partial charge on any atom is -0.481 e. The second-order valence-corrected chi connectivity index (χ2v) is 5.12. The van der Waals surface area contributed by atoms with E-state index < -0.39 is 5.97 Å². The third-order valence-electron chi connectivity index (χ3n) is 3.17. The summed E-state index contributed by atoms with van der Waals surface area (Å²) in [5.74, 6) is -1.04. The van der Waals surface area contributed by atoms with E-state index in [0.717, 1.165) is 12.0 Å². The molecule has 0 radical (unpaired) electrons. The quantitative estimate of drug-likeness (QED) is 0.455. The Morgan fingerprint density at radius 2 is 1.91 bits per heavy atom. The monoisotopic (exact) mass is 305 g/mol. The molecule has 0 spiro atoms. The molecule has 1 atom stereocenters. The van der Waals surface area contributed by atoms with Crippen LogP contribution in [0.5, 0.6) is 0 Å². The number of aliphatic carboxylic acids is 1. The molecular formula is C17H23NO4. The zero-order chi connectivity index (χ0) is 16.2. The number of carbonyl (C=O) groups is 2. The number of hydrogen-bond acceptors (Lipinski definition) is 3. The van der Waals surface area contributed by atoms with Crippen LogP contribution >= 0.6 is 0 Å². The molecule has 22 heavy (non-hydrogen) atoms. The maximum Gasteiger partial charge on any atom is 0.303 e. The van der Waals surface area contributed by atoms with Gasteiger partial charge in [-0.1, -0.05) is 36.4 Å². The van der Waals surface area contributed by atoms with E-state index in [1.807, 2.05) is 30.3 Å². The normalized spacial score (nSPS) is 12.2. The zero-order valence-electron chi connectivity index (χ0n) is 12.6. The molecular weight excluding hydrogens is 282 g/mol. The molecule has 0 fully saturated rings. The molecule has 5 heteroatoms. The number of aliphatic hydroxyl groups excluding tert-OH is 1. The first-order valence-corrected chi connectivity index (χ1v) is 7.45. The molecule has 0 aliphatic heterocycles. The Kier molecular flexibility index (Phi) is 8.60. The average molecular weight is 305 g/mol. The molecule has 0 saturated carbocycles. The van der Waals surface area contributed by atoms with E-state index in [4.69, 9.17) is 5.11 Å².